The molecule has 10 heteroatoms. The van der Waals surface area contributed by atoms with Crippen molar-refractivity contribution in [2.45, 2.75) is 45.5 Å². The molecule has 3 N–H and O–H groups in total. The van der Waals surface area contributed by atoms with Crippen LogP contribution in [-0.2, 0) is 11.3 Å². The number of aryl methyl sites for hydroxylation is 1. The van der Waals surface area contributed by atoms with E-state index in [1.165, 1.54) is 12.8 Å². The number of nitrogens with zero attached hydrogens (tertiary/aromatic N) is 1. The summed E-state index contributed by atoms with van der Waals surface area (Å²) in [6, 6.07) is 5.07. The number of guanidine groups is 1. The molecule has 172 valence electrons. The van der Waals surface area contributed by atoms with Crippen LogP contribution in [0.5, 0.6) is 5.75 Å². The Morgan fingerprint density at radius 3 is 2.67 bits per heavy atom. The summed E-state index contributed by atoms with van der Waals surface area (Å²) in [5.74, 6) is 1.25. The van der Waals surface area contributed by atoms with Gasteiger partial charge in [-0.25, -0.2) is 4.99 Å². The summed E-state index contributed by atoms with van der Waals surface area (Å²) in [6.07, 6.45) is -2.69. The lowest BCUT2D eigenvalue weighted by Crippen LogP contribution is -2.42. The minimum atomic E-state index is -4.40. The Kier molecular flexibility index (Phi) is 11.8. The van der Waals surface area contributed by atoms with Gasteiger partial charge in [0, 0.05) is 25.3 Å². The number of ether oxygens (including phenoxy) is 2. The van der Waals surface area contributed by atoms with Gasteiger partial charge in [0.15, 0.2) is 12.6 Å². The zero-order valence-corrected chi connectivity index (χ0v) is 19.6. The lowest BCUT2D eigenvalue weighted by molar-refractivity contribution is -0.153. The highest BCUT2D eigenvalue weighted by Gasteiger charge is 2.28. The molecule has 6 nitrogen and oxygen atoms in total. The highest BCUT2D eigenvalue weighted by atomic mass is 127. The Morgan fingerprint density at radius 2 is 2.03 bits per heavy atom. The second-order valence-corrected chi connectivity index (χ2v) is 7.23. The number of hydrogen-bond acceptors (Lipinski definition) is 4. The van der Waals surface area contributed by atoms with E-state index in [1.54, 1.807) is 25.1 Å². The van der Waals surface area contributed by atoms with Crippen molar-refractivity contribution >= 4 is 29.9 Å². The van der Waals surface area contributed by atoms with Crippen molar-refractivity contribution in [2.75, 3.05) is 32.9 Å². The minimum Gasteiger partial charge on any atom is -0.484 e. The van der Waals surface area contributed by atoms with E-state index in [0.717, 1.165) is 5.56 Å². The number of aliphatic hydroxyl groups excluding tert-OH is 1. The molecule has 0 aliphatic heterocycles. The Labute approximate surface area is 192 Å². The molecule has 0 radical (unpaired) electrons. The van der Waals surface area contributed by atoms with Gasteiger partial charge >= 0.3 is 6.18 Å². The van der Waals surface area contributed by atoms with Crippen LogP contribution >= 0.6 is 24.0 Å². The summed E-state index contributed by atoms with van der Waals surface area (Å²) in [5.41, 5.74) is 1.35. The van der Waals surface area contributed by atoms with Gasteiger partial charge in [0.25, 0.3) is 0 Å². The van der Waals surface area contributed by atoms with E-state index < -0.39 is 18.9 Å². The van der Waals surface area contributed by atoms with Crippen molar-refractivity contribution in [3.05, 3.63) is 29.3 Å². The first-order valence-electron chi connectivity index (χ1n) is 9.84. The third-order valence-electron chi connectivity index (χ3n) is 4.23. The maximum atomic E-state index is 12.5. The van der Waals surface area contributed by atoms with Crippen molar-refractivity contribution in [2.24, 2.45) is 10.9 Å². The van der Waals surface area contributed by atoms with Gasteiger partial charge < -0.3 is 25.2 Å². The first-order valence-corrected chi connectivity index (χ1v) is 9.84. The number of aliphatic hydroxyl groups is 1. The molecule has 0 spiro atoms. The van der Waals surface area contributed by atoms with E-state index in [2.05, 4.69) is 15.6 Å². The Hall–Kier alpha value is -1.27. The lowest BCUT2D eigenvalue weighted by Gasteiger charge is -2.16. The normalized spacial score (nSPS) is 15.3. The Morgan fingerprint density at radius 1 is 1.30 bits per heavy atom. The highest BCUT2D eigenvalue weighted by molar-refractivity contribution is 14.0. The largest absolute Gasteiger partial charge is 0.484 e. The van der Waals surface area contributed by atoms with E-state index in [9.17, 15) is 18.3 Å². The first kappa shape index (κ1) is 26.8. The lowest BCUT2D eigenvalue weighted by atomic mass is 10.1. The predicted octanol–water partition coefficient (Wildman–Crippen LogP) is 3.40. The average molecular weight is 545 g/mol. The minimum absolute atomic E-state index is 0. The van der Waals surface area contributed by atoms with Gasteiger partial charge in [0.1, 0.15) is 5.75 Å². The number of benzene rings is 1. The fourth-order valence-corrected chi connectivity index (χ4v) is 2.52. The smallest absolute Gasteiger partial charge is 0.422 e. The van der Waals surface area contributed by atoms with Gasteiger partial charge in [-0.15, -0.1) is 24.0 Å². The SMILES string of the molecule is CCNC(=NCc1ccc(C)cc1OCC(F)(F)F)NCC(O)COCC1CC1.I. The highest BCUT2D eigenvalue weighted by Crippen LogP contribution is 2.28. The second kappa shape index (κ2) is 13.2. The fraction of sp³-hybridized carbons (Fsp3) is 0.650. The van der Waals surface area contributed by atoms with Crippen LogP contribution in [0.1, 0.15) is 30.9 Å². The summed E-state index contributed by atoms with van der Waals surface area (Å²) in [7, 11) is 0. The van der Waals surface area contributed by atoms with Crippen molar-refractivity contribution in [3.8, 4) is 5.75 Å². The van der Waals surface area contributed by atoms with E-state index in [0.29, 0.717) is 30.6 Å². The van der Waals surface area contributed by atoms with Crippen molar-refractivity contribution in [3.63, 3.8) is 0 Å². The van der Waals surface area contributed by atoms with Crippen LogP contribution in [0, 0.1) is 12.8 Å². The standard InChI is InChI=1S/C20H30F3N3O3.HI/c1-3-24-19(26-10-17(27)12-28-11-15-5-6-15)25-9-16-7-4-14(2)8-18(16)29-13-20(21,22)23;/h4,7-8,15,17,27H,3,5-6,9-13H2,1-2H3,(H2,24,25,26);1H. The number of hydrogen-bond donors (Lipinski definition) is 3. The quantitative estimate of drug-likeness (QED) is 0.226. The zero-order chi connectivity index (χ0) is 21.3. The first-order chi connectivity index (χ1) is 13.8. The molecule has 0 saturated heterocycles. The van der Waals surface area contributed by atoms with E-state index >= 15 is 0 Å². The van der Waals surface area contributed by atoms with Crippen molar-refractivity contribution < 1.29 is 27.8 Å². The molecule has 0 aromatic heterocycles. The Bertz CT molecular complexity index is 670. The summed E-state index contributed by atoms with van der Waals surface area (Å²) in [4.78, 5) is 4.39. The van der Waals surface area contributed by atoms with Crippen molar-refractivity contribution in [1.82, 2.24) is 10.6 Å². The van der Waals surface area contributed by atoms with Crippen LogP contribution in [0.3, 0.4) is 0 Å². The number of aliphatic imine (C=N–C) groups is 1. The number of nitrogens with one attached hydrogen (secondary N) is 2. The van der Waals surface area contributed by atoms with E-state index in [4.69, 9.17) is 9.47 Å². The van der Waals surface area contributed by atoms with Crippen LogP contribution in [0.25, 0.3) is 0 Å². The second-order valence-electron chi connectivity index (χ2n) is 7.23. The molecule has 30 heavy (non-hydrogen) atoms. The van der Waals surface area contributed by atoms with Gasteiger partial charge in [-0.2, -0.15) is 13.2 Å². The Balaban J connectivity index is 0.00000450. The summed E-state index contributed by atoms with van der Waals surface area (Å²) in [6.45, 7) is 4.25. The maximum Gasteiger partial charge on any atom is 0.422 e. The van der Waals surface area contributed by atoms with Crippen LogP contribution in [0.15, 0.2) is 23.2 Å². The molecule has 1 aromatic carbocycles. The number of alkyl halides is 3. The molecule has 1 saturated carbocycles. The van der Waals surface area contributed by atoms with Gasteiger partial charge in [0.2, 0.25) is 0 Å². The molecule has 2 rings (SSSR count). The van der Waals surface area contributed by atoms with Crippen molar-refractivity contribution in [1.29, 1.82) is 0 Å². The molecule has 0 heterocycles. The average Bonchev–Trinajstić information content (AvgIpc) is 3.47. The van der Waals surface area contributed by atoms with Gasteiger partial charge in [-0.3, -0.25) is 0 Å². The molecule has 1 atom stereocenters. The van der Waals surface area contributed by atoms with Crippen LogP contribution in [0.4, 0.5) is 13.2 Å². The van der Waals surface area contributed by atoms with Crippen LogP contribution in [-0.4, -0.2) is 56.3 Å². The predicted molar refractivity (Wildman–Crippen MR) is 121 cm³/mol. The maximum absolute atomic E-state index is 12.5. The summed E-state index contributed by atoms with van der Waals surface area (Å²) < 4.78 is 47.9. The summed E-state index contributed by atoms with van der Waals surface area (Å²) in [5, 5.41) is 16.1. The summed E-state index contributed by atoms with van der Waals surface area (Å²) >= 11 is 0. The van der Waals surface area contributed by atoms with E-state index in [1.807, 2.05) is 6.92 Å². The molecule has 1 aliphatic rings. The van der Waals surface area contributed by atoms with Gasteiger partial charge in [-0.1, -0.05) is 12.1 Å². The molecule has 1 aliphatic carbocycles. The molecule has 0 bridgehead atoms. The van der Waals surface area contributed by atoms with Crippen LogP contribution in [0.2, 0.25) is 0 Å². The molecule has 1 unspecified atom stereocenters. The molecule has 1 aromatic rings. The number of halogens is 4. The monoisotopic (exact) mass is 545 g/mol. The fourth-order valence-electron chi connectivity index (χ4n) is 2.52. The molecular formula is C20H31F3IN3O3. The number of rotatable bonds is 11. The van der Waals surface area contributed by atoms with Crippen LogP contribution < -0.4 is 15.4 Å². The topological polar surface area (TPSA) is 75.1 Å². The van der Waals surface area contributed by atoms with Gasteiger partial charge in [-0.05, 0) is 44.2 Å². The molecular weight excluding hydrogens is 514 g/mol. The molecule has 1 fully saturated rings. The van der Waals surface area contributed by atoms with E-state index in [-0.39, 0.29) is 49.4 Å². The third kappa shape index (κ3) is 11.2. The van der Waals surface area contributed by atoms with Gasteiger partial charge in [0.05, 0.1) is 19.3 Å². The molecule has 0 amide bonds. The zero-order valence-electron chi connectivity index (χ0n) is 17.3. The third-order valence-corrected chi connectivity index (χ3v) is 4.23.